The van der Waals surface area contributed by atoms with Gasteiger partial charge in [-0.2, -0.15) is 0 Å². The van der Waals surface area contributed by atoms with E-state index in [2.05, 4.69) is 9.88 Å². The number of hydrogen-bond acceptors (Lipinski definition) is 5. The van der Waals surface area contributed by atoms with Gasteiger partial charge in [-0.25, -0.2) is 9.78 Å². The van der Waals surface area contributed by atoms with E-state index in [0.717, 1.165) is 24.5 Å². The third kappa shape index (κ3) is 2.89. The zero-order valence-electron chi connectivity index (χ0n) is 11.4. The molecular weight excluding hydrogens is 244 g/mol. The highest BCUT2D eigenvalue weighted by Gasteiger charge is 2.23. The summed E-state index contributed by atoms with van der Waals surface area (Å²) in [5.41, 5.74) is 7.79. The molecule has 1 aliphatic rings. The van der Waals surface area contributed by atoms with Crippen molar-refractivity contribution < 1.29 is 9.53 Å². The minimum absolute atomic E-state index is 0.243. The van der Waals surface area contributed by atoms with Crippen molar-refractivity contribution in [3.05, 3.63) is 17.8 Å². The Morgan fingerprint density at radius 2 is 2.11 bits per heavy atom. The number of carbonyl (C=O) groups is 1. The van der Waals surface area contributed by atoms with Gasteiger partial charge in [0.2, 0.25) is 0 Å². The second-order valence-corrected chi connectivity index (χ2v) is 4.54. The van der Waals surface area contributed by atoms with E-state index in [0.29, 0.717) is 25.4 Å². The maximum absolute atomic E-state index is 11.6. The van der Waals surface area contributed by atoms with Crippen molar-refractivity contribution in [1.82, 2.24) is 9.88 Å². The molecule has 0 radical (unpaired) electrons. The third-order valence-electron chi connectivity index (χ3n) is 3.29. The molecule has 2 N–H and O–H groups in total. The van der Waals surface area contributed by atoms with Crippen LogP contribution in [0.1, 0.15) is 12.5 Å². The van der Waals surface area contributed by atoms with Gasteiger partial charge in [-0.1, -0.05) is 0 Å². The van der Waals surface area contributed by atoms with Crippen molar-refractivity contribution in [2.75, 3.05) is 43.4 Å². The molecule has 0 bridgehead atoms. The van der Waals surface area contributed by atoms with Gasteiger partial charge in [0, 0.05) is 32.4 Å². The van der Waals surface area contributed by atoms with Crippen molar-refractivity contribution in [2.45, 2.75) is 13.8 Å². The lowest BCUT2D eigenvalue weighted by Crippen LogP contribution is -2.49. The van der Waals surface area contributed by atoms with E-state index in [1.54, 1.807) is 11.1 Å². The molecule has 1 saturated heterocycles. The molecule has 0 aliphatic carbocycles. The number of aromatic nitrogens is 1. The van der Waals surface area contributed by atoms with Crippen LogP contribution in [0.15, 0.2) is 12.3 Å². The topological polar surface area (TPSA) is 71.7 Å². The zero-order valence-corrected chi connectivity index (χ0v) is 11.4. The minimum Gasteiger partial charge on any atom is -0.450 e. The molecule has 0 spiro atoms. The number of aryl methyl sites for hydroxylation is 1. The van der Waals surface area contributed by atoms with E-state index >= 15 is 0 Å². The van der Waals surface area contributed by atoms with Gasteiger partial charge in [0.25, 0.3) is 0 Å². The van der Waals surface area contributed by atoms with E-state index in [1.807, 2.05) is 19.9 Å². The maximum Gasteiger partial charge on any atom is 0.409 e. The average Bonchev–Trinajstić information content (AvgIpc) is 2.42. The Balaban J connectivity index is 2.00. The predicted molar refractivity (Wildman–Crippen MR) is 74.2 cm³/mol. The van der Waals surface area contributed by atoms with Gasteiger partial charge < -0.3 is 20.3 Å². The van der Waals surface area contributed by atoms with Crippen LogP contribution in [0, 0.1) is 6.92 Å². The number of pyridine rings is 1. The Bertz CT molecular complexity index is 456. The molecule has 0 aromatic carbocycles. The molecule has 1 aromatic rings. The SMILES string of the molecule is CCOC(=O)N1CCN(c2nccc(C)c2N)CC1. The number of nitrogen functional groups attached to an aromatic ring is 1. The Hall–Kier alpha value is -1.98. The summed E-state index contributed by atoms with van der Waals surface area (Å²) in [5.74, 6) is 0.809. The molecule has 2 heterocycles. The van der Waals surface area contributed by atoms with Crippen LogP contribution in [-0.4, -0.2) is 48.8 Å². The first kappa shape index (κ1) is 13.5. The van der Waals surface area contributed by atoms with Gasteiger partial charge in [-0.15, -0.1) is 0 Å². The normalized spacial score (nSPS) is 15.5. The Kier molecular flexibility index (Phi) is 4.09. The maximum atomic E-state index is 11.6. The van der Waals surface area contributed by atoms with Crippen LogP contribution in [0.4, 0.5) is 16.3 Å². The van der Waals surface area contributed by atoms with Gasteiger partial charge in [0.05, 0.1) is 12.3 Å². The third-order valence-corrected chi connectivity index (χ3v) is 3.29. The summed E-state index contributed by atoms with van der Waals surface area (Å²) in [6.07, 6.45) is 1.52. The molecule has 0 unspecified atom stereocenters. The van der Waals surface area contributed by atoms with Crippen LogP contribution in [0.3, 0.4) is 0 Å². The highest BCUT2D eigenvalue weighted by atomic mass is 16.6. The summed E-state index contributed by atoms with van der Waals surface area (Å²) in [6.45, 7) is 6.90. The summed E-state index contributed by atoms with van der Waals surface area (Å²) in [6, 6.07) is 1.90. The van der Waals surface area contributed by atoms with Gasteiger partial charge in [-0.3, -0.25) is 0 Å². The van der Waals surface area contributed by atoms with E-state index in [-0.39, 0.29) is 6.09 Å². The lowest BCUT2D eigenvalue weighted by molar-refractivity contribution is 0.105. The highest BCUT2D eigenvalue weighted by Crippen LogP contribution is 2.24. The molecule has 0 atom stereocenters. The van der Waals surface area contributed by atoms with E-state index in [4.69, 9.17) is 10.5 Å². The van der Waals surface area contributed by atoms with Crippen LogP contribution >= 0.6 is 0 Å². The summed E-state index contributed by atoms with van der Waals surface area (Å²) < 4.78 is 4.99. The summed E-state index contributed by atoms with van der Waals surface area (Å²) in [7, 11) is 0. The number of ether oxygens (including phenoxy) is 1. The lowest BCUT2D eigenvalue weighted by Gasteiger charge is -2.35. The fourth-order valence-corrected chi connectivity index (χ4v) is 2.12. The fraction of sp³-hybridized carbons (Fsp3) is 0.538. The molecule has 6 heteroatoms. The monoisotopic (exact) mass is 264 g/mol. The number of hydrogen-bond donors (Lipinski definition) is 1. The second-order valence-electron chi connectivity index (χ2n) is 4.54. The first-order valence-corrected chi connectivity index (χ1v) is 6.51. The Morgan fingerprint density at radius 1 is 1.42 bits per heavy atom. The standard InChI is InChI=1S/C13H20N4O2/c1-3-19-13(18)17-8-6-16(7-9-17)12-11(14)10(2)4-5-15-12/h4-5H,3,6-9,14H2,1-2H3. The van der Waals surface area contributed by atoms with Crippen LogP contribution < -0.4 is 10.6 Å². The second kappa shape index (κ2) is 5.77. The molecule has 1 amide bonds. The molecular formula is C13H20N4O2. The molecule has 6 nitrogen and oxygen atoms in total. The highest BCUT2D eigenvalue weighted by molar-refractivity contribution is 5.69. The molecule has 1 fully saturated rings. The van der Waals surface area contributed by atoms with E-state index in [1.165, 1.54) is 0 Å². The van der Waals surface area contributed by atoms with Gasteiger partial charge in [-0.05, 0) is 25.5 Å². The van der Waals surface area contributed by atoms with Gasteiger partial charge in [0.1, 0.15) is 0 Å². The van der Waals surface area contributed by atoms with Crippen molar-refractivity contribution in [1.29, 1.82) is 0 Å². The minimum atomic E-state index is -0.243. The molecule has 2 rings (SSSR count). The molecule has 0 saturated carbocycles. The van der Waals surface area contributed by atoms with Crippen LogP contribution in [0.2, 0.25) is 0 Å². The number of nitrogens with zero attached hydrogens (tertiary/aromatic N) is 3. The van der Waals surface area contributed by atoms with Crippen molar-refractivity contribution in [2.24, 2.45) is 0 Å². The number of amides is 1. The van der Waals surface area contributed by atoms with Gasteiger partial charge in [0.15, 0.2) is 5.82 Å². The molecule has 1 aromatic heterocycles. The van der Waals surface area contributed by atoms with Crippen LogP contribution in [0.5, 0.6) is 0 Å². The number of anilines is 2. The molecule has 104 valence electrons. The van der Waals surface area contributed by atoms with Gasteiger partial charge >= 0.3 is 6.09 Å². The van der Waals surface area contributed by atoms with Crippen LogP contribution in [-0.2, 0) is 4.74 Å². The van der Waals surface area contributed by atoms with E-state index in [9.17, 15) is 4.79 Å². The quantitative estimate of drug-likeness (QED) is 0.870. The van der Waals surface area contributed by atoms with E-state index < -0.39 is 0 Å². The number of carbonyl (C=O) groups excluding carboxylic acids is 1. The first-order valence-electron chi connectivity index (χ1n) is 6.51. The number of nitrogens with two attached hydrogens (primary N) is 1. The fourth-order valence-electron chi connectivity index (χ4n) is 2.12. The lowest BCUT2D eigenvalue weighted by atomic mass is 10.2. The smallest absolute Gasteiger partial charge is 0.409 e. The van der Waals surface area contributed by atoms with Crippen molar-refractivity contribution in [3.8, 4) is 0 Å². The first-order chi connectivity index (χ1) is 9.13. The summed E-state index contributed by atoms with van der Waals surface area (Å²) >= 11 is 0. The van der Waals surface area contributed by atoms with Crippen LogP contribution in [0.25, 0.3) is 0 Å². The average molecular weight is 264 g/mol. The molecule has 1 aliphatic heterocycles. The van der Waals surface area contributed by atoms with Crippen molar-refractivity contribution in [3.63, 3.8) is 0 Å². The Morgan fingerprint density at radius 3 is 2.74 bits per heavy atom. The largest absolute Gasteiger partial charge is 0.450 e. The summed E-state index contributed by atoms with van der Waals surface area (Å²) in [4.78, 5) is 19.8. The summed E-state index contributed by atoms with van der Waals surface area (Å²) in [5, 5.41) is 0. The predicted octanol–water partition coefficient (Wildman–Crippen LogP) is 1.25. The number of piperazine rings is 1. The Labute approximate surface area is 113 Å². The van der Waals surface area contributed by atoms with Crippen molar-refractivity contribution >= 4 is 17.6 Å². The zero-order chi connectivity index (χ0) is 13.8. The number of rotatable bonds is 2. The molecule has 19 heavy (non-hydrogen) atoms.